The number of rotatable bonds is 4. The largest absolute Gasteiger partial charge is 0.389 e. The van der Waals surface area contributed by atoms with Crippen molar-refractivity contribution in [2.24, 2.45) is 5.92 Å². The molecule has 2 N–H and O–H groups in total. The Balaban J connectivity index is 3.06. The third-order valence-corrected chi connectivity index (χ3v) is 3.97. The molecule has 0 radical (unpaired) electrons. The van der Waals surface area contributed by atoms with E-state index in [0.29, 0.717) is 12.8 Å². The van der Waals surface area contributed by atoms with E-state index in [1.807, 2.05) is 6.92 Å². The fourth-order valence-corrected chi connectivity index (χ4v) is 3.04. The summed E-state index contributed by atoms with van der Waals surface area (Å²) in [5.41, 5.74) is -1.36. The molecule has 1 saturated carbocycles. The van der Waals surface area contributed by atoms with Gasteiger partial charge in [0.1, 0.15) is 5.60 Å². The lowest BCUT2D eigenvalue weighted by atomic mass is 9.66. The van der Waals surface area contributed by atoms with Crippen LogP contribution in [0.3, 0.4) is 0 Å². The Morgan fingerprint density at radius 1 is 1.47 bits per heavy atom. The first kappa shape index (κ1) is 14.3. The van der Waals surface area contributed by atoms with Crippen LogP contribution in [0.5, 0.6) is 0 Å². The van der Waals surface area contributed by atoms with Gasteiger partial charge in [-0.05, 0) is 26.2 Å². The van der Waals surface area contributed by atoms with Crippen LogP contribution in [0.25, 0.3) is 0 Å². The molecule has 0 saturated heterocycles. The molecule has 2 unspecified atom stereocenters. The van der Waals surface area contributed by atoms with E-state index in [9.17, 15) is 10.2 Å². The van der Waals surface area contributed by atoms with E-state index in [-0.39, 0.29) is 0 Å². The van der Waals surface area contributed by atoms with Crippen molar-refractivity contribution in [3.05, 3.63) is 12.2 Å². The van der Waals surface area contributed by atoms with Crippen molar-refractivity contribution in [2.45, 2.75) is 63.6 Å². The second-order valence-corrected chi connectivity index (χ2v) is 5.40. The molecule has 2 nitrogen and oxygen atoms in total. The highest BCUT2D eigenvalue weighted by molar-refractivity contribution is 5.23. The van der Waals surface area contributed by atoms with Gasteiger partial charge >= 0.3 is 0 Å². The Morgan fingerprint density at radius 2 is 2.00 bits per heavy atom. The molecule has 0 bridgehead atoms. The Labute approximate surface area is 105 Å². The smallest absolute Gasteiger partial charge is 0.131 e. The van der Waals surface area contributed by atoms with Gasteiger partial charge in [0, 0.05) is 5.92 Å². The van der Waals surface area contributed by atoms with Crippen LogP contribution >= 0.6 is 0 Å². The quantitative estimate of drug-likeness (QED) is 0.582. The average Bonchev–Trinajstić information content (AvgIpc) is 2.29. The van der Waals surface area contributed by atoms with Gasteiger partial charge in [-0.3, -0.25) is 0 Å². The number of terminal acetylenes is 1. The maximum Gasteiger partial charge on any atom is 0.131 e. The molecule has 1 aliphatic rings. The van der Waals surface area contributed by atoms with Gasteiger partial charge in [-0.2, -0.15) is 0 Å². The Hall–Kier alpha value is -0.780. The second-order valence-electron chi connectivity index (χ2n) is 5.40. The summed E-state index contributed by atoms with van der Waals surface area (Å²) in [5, 5.41) is 21.1. The summed E-state index contributed by atoms with van der Waals surface area (Å²) >= 11 is 0. The standard InChI is InChI=1S/C15H24O2/c1-5-12(3)13(14(4,16)6-2)15(17)10-8-7-9-11-15/h2,13,16-17H,3,5,7-11H2,1,4H3. The molecule has 0 heterocycles. The molecule has 0 aromatic carbocycles. The van der Waals surface area contributed by atoms with E-state index in [1.165, 1.54) is 0 Å². The number of hydrogen-bond donors (Lipinski definition) is 2. The van der Waals surface area contributed by atoms with Crippen LogP contribution in [0.2, 0.25) is 0 Å². The Kier molecular flexibility index (Phi) is 4.41. The molecule has 0 aromatic heterocycles. The van der Waals surface area contributed by atoms with Crippen LogP contribution in [-0.2, 0) is 0 Å². The van der Waals surface area contributed by atoms with E-state index in [4.69, 9.17) is 6.42 Å². The first-order chi connectivity index (χ1) is 7.87. The van der Waals surface area contributed by atoms with Crippen molar-refractivity contribution in [1.29, 1.82) is 0 Å². The minimum absolute atomic E-state index is 0.426. The van der Waals surface area contributed by atoms with Gasteiger partial charge in [0.15, 0.2) is 0 Å². The molecule has 2 atom stereocenters. The van der Waals surface area contributed by atoms with Crippen LogP contribution in [0.15, 0.2) is 12.2 Å². The van der Waals surface area contributed by atoms with Crippen molar-refractivity contribution in [2.75, 3.05) is 0 Å². The van der Waals surface area contributed by atoms with E-state index in [1.54, 1.807) is 6.92 Å². The zero-order valence-electron chi connectivity index (χ0n) is 11.0. The summed E-state index contributed by atoms with van der Waals surface area (Å²) in [4.78, 5) is 0. The highest BCUT2D eigenvalue weighted by Crippen LogP contribution is 2.43. The number of aliphatic hydroxyl groups is 2. The van der Waals surface area contributed by atoms with Crippen LogP contribution in [0, 0.1) is 18.3 Å². The zero-order chi connectivity index (χ0) is 13.1. The topological polar surface area (TPSA) is 40.5 Å². The van der Waals surface area contributed by atoms with Crippen molar-refractivity contribution >= 4 is 0 Å². The number of hydrogen-bond acceptors (Lipinski definition) is 2. The lowest BCUT2D eigenvalue weighted by molar-refractivity contribution is -0.0966. The summed E-state index contributed by atoms with van der Waals surface area (Å²) in [5.74, 6) is 1.99. The van der Waals surface area contributed by atoms with Crippen molar-refractivity contribution < 1.29 is 10.2 Å². The lowest BCUT2D eigenvalue weighted by Gasteiger charge is -2.45. The molecule has 1 fully saturated rings. The Bertz CT molecular complexity index is 316. The molecular weight excluding hydrogens is 212 g/mol. The minimum atomic E-state index is -1.32. The maximum atomic E-state index is 10.8. The first-order valence-corrected chi connectivity index (χ1v) is 6.47. The average molecular weight is 236 g/mol. The first-order valence-electron chi connectivity index (χ1n) is 6.47. The summed E-state index contributed by atoms with van der Waals surface area (Å²) < 4.78 is 0. The fraction of sp³-hybridized carbons (Fsp3) is 0.733. The van der Waals surface area contributed by atoms with Crippen LogP contribution in [0.1, 0.15) is 52.4 Å². The second kappa shape index (κ2) is 5.25. The molecule has 96 valence electrons. The summed E-state index contributed by atoms with van der Waals surface area (Å²) in [7, 11) is 0. The molecule has 0 spiro atoms. The summed E-state index contributed by atoms with van der Waals surface area (Å²) in [6, 6.07) is 0. The molecular formula is C15H24O2. The normalized spacial score (nSPS) is 24.4. The highest BCUT2D eigenvalue weighted by atomic mass is 16.3. The molecule has 1 rings (SSSR count). The predicted molar refractivity (Wildman–Crippen MR) is 70.4 cm³/mol. The van der Waals surface area contributed by atoms with E-state index < -0.39 is 17.1 Å². The molecule has 0 aromatic rings. The SMILES string of the molecule is C#CC(C)(O)C(C(=C)CC)C1(O)CCCCC1. The predicted octanol–water partition coefficient (Wildman–Crippen LogP) is 2.65. The summed E-state index contributed by atoms with van der Waals surface area (Å²) in [6.07, 6.45) is 10.7. The van der Waals surface area contributed by atoms with Gasteiger partial charge in [0.05, 0.1) is 5.60 Å². The van der Waals surface area contributed by atoms with E-state index in [2.05, 4.69) is 12.5 Å². The zero-order valence-corrected chi connectivity index (χ0v) is 11.0. The van der Waals surface area contributed by atoms with Gasteiger partial charge in [-0.1, -0.05) is 44.3 Å². The van der Waals surface area contributed by atoms with Gasteiger partial charge in [-0.15, -0.1) is 6.42 Å². The van der Waals surface area contributed by atoms with Crippen LogP contribution < -0.4 is 0 Å². The van der Waals surface area contributed by atoms with Crippen molar-refractivity contribution in [3.63, 3.8) is 0 Å². The Morgan fingerprint density at radius 3 is 2.41 bits per heavy atom. The van der Waals surface area contributed by atoms with Gasteiger partial charge in [0.2, 0.25) is 0 Å². The maximum absolute atomic E-state index is 10.8. The molecule has 1 aliphatic carbocycles. The summed E-state index contributed by atoms with van der Waals surface area (Å²) in [6.45, 7) is 7.58. The lowest BCUT2D eigenvalue weighted by Crippen LogP contribution is -2.51. The fourth-order valence-electron chi connectivity index (χ4n) is 3.04. The molecule has 17 heavy (non-hydrogen) atoms. The van der Waals surface area contributed by atoms with Crippen molar-refractivity contribution in [1.82, 2.24) is 0 Å². The molecule has 0 aliphatic heterocycles. The van der Waals surface area contributed by atoms with Crippen LogP contribution in [-0.4, -0.2) is 21.4 Å². The third-order valence-electron chi connectivity index (χ3n) is 3.97. The van der Waals surface area contributed by atoms with Gasteiger partial charge in [-0.25, -0.2) is 0 Å². The minimum Gasteiger partial charge on any atom is -0.389 e. The van der Waals surface area contributed by atoms with Gasteiger partial charge in [0.25, 0.3) is 0 Å². The third kappa shape index (κ3) is 2.91. The van der Waals surface area contributed by atoms with E-state index >= 15 is 0 Å². The monoisotopic (exact) mass is 236 g/mol. The van der Waals surface area contributed by atoms with Crippen molar-refractivity contribution in [3.8, 4) is 12.3 Å². The highest BCUT2D eigenvalue weighted by Gasteiger charge is 2.47. The van der Waals surface area contributed by atoms with Crippen LogP contribution in [0.4, 0.5) is 0 Å². The molecule has 0 amide bonds. The van der Waals surface area contributed by atoms with E-state index in [0.717, 1.165) is 31.3 Å². The molecule has 2 heteroatoms. The van der Waals surface area contributed by atoms with Gasteiger partial charge < -0.3 is 10.2 Å².